The lowest BCUT2D eigenvalue weighted by molar-refractivity contribution is -0.150. The maximum absolute atomic E-state index is 12.5. The first-order valence-electron chi connectivity index (χ1n) is 7.08. The number of carbonyl (C=O) groups is 2. The minimum atomic E-state index is -0.826. The molecule has 0 aliphatic heterocycles. The molecule has 2 bridgehead atoms. The molecule has 0 spiro atoms. The van der Waals surface area contributed by atoms with Gasteiger partial charge in [-0.1, -0.05) is 26.0 Å². The normalized spacial score (nSPS) is 32.0. The molecule has 0 aromatic carbocycles. The molecule has 2 aliphatic carbocycles. The predicted octanol–water partition coefficient (Wildman–Crippen LogP) is 2.01. The molecule has 1 saturated carbocycles. The maximum atomic E-state index is 12.5. The molecule has 0 aromatic heterocycles. The van der Waals surface area contributed by atoms with Crippen LogP contribution >= 0.6 is 0 Å². The summed E-state index contributed by atoms with van der Waals surface area (Å²) in [4.78, 5) is 25.6. The van der Waals surface area contributed by atoms with Gasteiger partial charge < -0.3 is 10.0 Å². The van der Waals surface area contributed by atoms with E-state index in [0.29, 0.717) is 12.5 Å². The Bertz CT molecular complexity index is 402. The fourth-order valence-corrected chi connectivity index (χ4v) is 3.31. The standard InChI is InChI=1S/C15H23NO3/c1-9(2)6-7-16(3)14(17)12-10-4-5-11(8-10)13(12)15(18)19/h4-5,9-13H,6-8H2,1-3H3,(H,18,19). The highest BCUT2D eigenvalue weighted by Crippen LogP contribution is 2.48. The van der Waals surface area contributed by atoms with Crippen LogP contribution in [0.25, 0.3) is 0 Å². The van der Waals surface area contributed by atoms with Gasteiger partial charge in [-0.15, -0.1) is 0 Å². The Labute approximate surface area is 114 Å². The highest BCUT2D eigenvalue weighted by atomic mass is 16.4. The van der Waals surface area contributed by atoms with E-state index in [1.807, 2.05) is 12.2 Å². The second-order valence-electron chi connectivity index (χ2n) is 6.28. The van der Waals surface area contributed by atoms with Crippen molar-refractivity contribution in [3.63, 3.8) is 0 Å². The van der Waals surface area contributed by atoms with Gasteiger partial charge in [0, 0.05) is 13.6 Å². The lowest BCUT2D eigenvalue weighted by Crippen LogP contribution is -2.41. The molecule has 1 amide bonds. The number of aliphatic carboxylic acids is 1. The highest BCUT2D eigenvalue weighted by molar-refractivity contribution is 5.86. The van der Waals surface area contributed by atoms with Gasteiger partial charge in [0.2, 0.25) is 5.91 Å². The zero-order valence-electron chi connectivity index (χ0n) is 11.9. The first-order chi connectivity index (χ1) is 8.91. The summed E-state index contributed by atoms with van der Waals surface area (Å²) in [6.07, 6.45) is 5.78. The number of carboxylic acids is 1. The number of hydrogen-bond donors (Lipinski definition) is 1. The summed E-state index contributed by atoms with van der Waals surface area (Å²) in [5.74, 6) is -0.980. The molecule has 0 heterocycles. The van der Waals surface area contributed by atoms with Gasteiger partial charge in [-0.2, -0.15) is 0 Å². The first-order valence-corrected chi connectivity index (χ1v) is 7.08. The SMILES string of the molecule is CC(C)CCN(C)C(=O)C1C2C=CC(C2)C1C(=O)O. The third kappa shape index (κ3) is 2.67. The average Bonchev–Trinajstić information content (AvgIpc) is 2.94. The van der Waals surface area contributed by atoms with Crippen LogP contribution in [0.15, 0.2) is 12.2 Å². The Morgan fingerprint density at radius 1 is 1.26 bits per heavy atom. The topological polar surface area (TPSA) is 57.6 Å². The molecule has 0 aromatic rings. The van der Waals surface area contributed by atoms with E-state index in [-0.39, 0.29) is 23.7 Å². The Kier molecular flexibility index (Phi) is 3.97. The van der Waals surface area contributed by atoms with Crippen molar-refractivity contribution in [1.29, 1.82) is 0 Å². The molecule has 0 saturated heterocycles. The van der Waals surface area contributed by atoms with Gasteiger partial charge in [-0.25, -0.2) is 0 Å². The van der Waals surface area contributed by atoms with Crippen LogP contribution < -0.4 is 0 Å². The van der Waals surface area contributed by atoms with Crippen LogP contribution in [0.1, 0.15) is 26.7 Å². The van der Waals surface area contributed by atoms with Gasteiger partial charge in [0.25, 0.3) is 0 Å². The van der Waals surface area contributed by atoms with E-state index in [1.54, 1.807) is 11.9 Å². The molecule has 106 valence electrons. The van der Waals surface area contributed by atoms with E-state index >= 15 is 0 Å². The second-order valence-corrected chi connectivity index (χ2v) is 6.28. The minimum absolute atomic E-state index is 0.00454. The molecule has 2 aliphatic rings. The number of fused-ring (bicyclic) bond motifs is 2. The fraction of sp³-hybridized carbons (Fsp3) is 0.733. The summed E-state index contributed by atoms with van der Waals surface area (Å²) < 4.78 is 0. The van der Waals surface area contributed by atoms with Gasteiger partial charge >= 0.3 is 5.97 Å². The third-order valence-electron chi connectivity index (χ3n) is 4.45. The van der Waals surface area contributed by atoms with E-state index in [0.717, 1.165) is 12.8 Å². The predicted molar refractivity (Wildman–Crippen MR) is 72.4 cm³/mol. The third-order valence-corrected chi connectivity index (χ3v) is 4.45. The molecular formula is C15H23NO3. The molecule has 0 radical (unpaired) electrons. The Morgan fingerprint density at radius 2 is 1.84 bits per heavy atom. The lowest BCUT2D eigenvalue weighted by Gasteiger charge is -2.28. The zero-order chi connectivity index (χ0) is 14.2. The molecule has 4 atom stereocenters. The summed E-state index contributed by atoms with van der Waals surface area (Å²) in [6.45, 7) is 4.96. The molecule has 2 rings (SSSR count). The summed E-state index contributed by atoms with van der Waals surface area (Å²) in [5.41, 5.74) is 0. The van der Waals surface area contributed by atoms with Crippen molar-refractivity contribution in [2.24, 2.45) is 29.6 Å². The molecular weight excluding hydrogens is 242 g/mol. The van der Waals surface area contributed by atoms with Crippen molar-refractivity contribution in [2.45, 2.75) is 26.7 Å². The number of hydrogen-bond acceptors (Lipinski definition) is 2. The van der Waals surface area contributed by atoms with Crippen LogP contribution in [0.3, 0.4) is 0 Å². The zero-order valence-corrected chi connectivity index (χ0v) is 11.9. The van der Waals surface area contributed by atoms with E-state index in [1.165, 1.54) is 0 Å². The number of amides is 1. The van der Waals surface area contributed by atoms with Gasteiger partial charge in [-0.05, 0) is 30.6 Å². The monoisotopic (exact) mass is 265 g/mol. The van der Waals surface area contributed by atoms with Gasteiger partial charge in [0.15, 0.2) is 0 Å². The molecule has 4 heteroatoms. The number of allylic oxidation sites excluding steroid dienone is 2. The van der Waals surface area contributed by atoms with E-state index in [9.17, 15) is 14.7 Å². The average molecular weight is 265 g/mol. The van der Waals surface area contributed by atoms with E-state index in [4.69, 9.17) is 0 Å². The Morgan fingerprint density at radius 3 is 2.37 bits per heavy atom. The fourth-order valence-electron chi connectivity index (χ4n) is 3.31. The van der Waals surface area contributed by atoms with Crippen LogP contribution in [0.5, 0.6) is 0 Å². The van der Waals surface area contributed by atoms with Crippen molar-refractivity contribution in [2.75, 3.05) is 13.6 Å². The first kappa shape index (κ1) is 14.1. The van der Waals surface area contributed by atoms with Crippen molar-refractivity contribution >= 4 is 11.9 Å². The summed E-state index contributed by atoms with van der Waals surface area (Å²) in [6, 6.07) is 0. The minimum Gasteiger partial charge on any atom is -0.481 e. The number of rotatable bonds is 5. The van der Waals surface area contributed by atoms with E-state index < -0.39 is 11.9 Å². The van der Waals surface area contributed by atoms with Gasteiger partial charge in [0.1, 0.15) is 0 Å². The molecule has 4 unspecified atom stereocenters. The molecule has 1 fully saturated rings. The largest absolute Gasteiger partial charge is 0.481 e. The van der Waals surface area contributed by atoms with Crippen molar-refractivity contribution in [3.05, 3.63) is 12.2 Å². The summed E-state index contributed by atoms with van der Waals surface area (Å²) >= 11 is 0. The van der Waals surface area contributed by atoms with Crippen LogP contribution in [-0.2, 0) is 9.59 Å². The maximum Gasteiger partial charge on any atom is 0.307 e. The Hall–Kier alpha value is -1.32. The van der Waals surface area contributed by atoms with Crippen molar-refractivity contribution in [3.8, 4) is 0 Å². The van der Waals surface area contributed by atoms with Crippen LogP contribution in [0, 0.1) is 29.6 Å². The summed E-state index contributed by atoms with van der Waals surface area (Å²) in [5, 5.41) is 9.35. The van der Waals surface area contributed by atoms with Crippen molar-refractivity contribution < 1.29 is 14.7 Å². The smallest absolute Gasteiger partial charge is 0.307 e. The molecule has 1 N–H and O–H groups in total. The number of nitrogens with zero attached hydrogens (tertiary/aromatic N) is 1. The lowest BCUT2D eigenvalue weighted by atomic mass is 9.82. The Balaban J connectivity index is 2.05. The quantitative estimate of drug-likeness (QED) is 0.774. The van der Waals surface area contributed by atoms with Gasteiger partial charge in [-0.3, -0.25) is 9.59 Å². The summed E-state index contributed by atoms with van der Waals surface area (Å²) in [7, 11) is 1.79. The highest BCUT2D eigenvalue weighted by Gasteiger charge is 2.52. The van der Waals surface area contributed by atoms with Crippen LogP contribution in [0.4, 0.5) is 0 Å². The number of carboxylic acid groups (broad SMARTS) is 1. The van der Waals surface area contributed by atoms with Crippen molar-refractivity contribution in [1.82, 2.24) is 4.90 Å². The van der Waals surface area contributed by atoms with Crippen LogP contribution in [-0.4, -0.2) is 35.5 Å². The molecule has 19 heavy (non-hydrogen) atoms. The van der Waals surface area contributed by atoms with Crippen LogP contribution in [0.2, 0.25) is 0 Å². The second kappa shape index (κ2) is 5.35. The van der Waals surface area contributed by atoms with Gasteiger partial charge in [0.05, 0.1) is 11.8 Å². The van der Waals surface area contributed by atoms with E-state index in [2.05, 4.69) is 13.8 Å². The number of carbonyl (C=O) groups excluding carboxylic acids is 1. The molecule has 4 nitrogen and oxygen atoms in total.